The summed E-state index contributed by atoms with van der Waals surface area (Å²) in [6, 6.07) is 0. The van der Waals surface area contributed by atoms with Gasteiger partial charge in [0.1, 0.15) is 34.9 Å². The highest BCUT2D eigenvalue weighted by molar-refractivity contribution is 7.08. The third-order valence-corrected chi connectivity index (χ3v) is 5.46. The molecular formula is C22H3BF15O2-. The lowest BCUT2D eigenvalue weighted by molar-refractivity contribution is -0.128. The number of halogens is 15. The van der Waals surface area contributed by atoms with Crippen molar-refractivity contribution in [3.8, 4) is 11.8 Å². The van der Waals surface area contributed by atoms with Gasteiger partial charge in [-0.3, -0.25) is 0 Å². The molecule has 0 fully saturated rings. The molecule has 0 aliphatic carbocycles. The van der Waals surface area contributed by atoms with E-state index < -0.39 is 116 Å². The fourth-order valence-electron chi connectivity index (χ4n) is 3.84. The quantitative estimate of drug-likeness (QED) is 0.148. The minimum atomic E-state index is -6.42. The first kappa shape index (κ1) is 30.2. The molecule has 0 aliphatic heterocycles. The molecule has 0 radical (unpaired) electrons. The predicted molar refractivity (Wildman–Crippen MR) is 103 cm³/mol. The second-order valence-corrected chi connectivity index (χ2v) is 7.52. The first-order valence-electron chi connectivity index (χ1n) is 9.84. The number of hydrogen-bond donors (Lipinski definition) is 0. The van der Waals surface area contributed by atoms with Crippen LogP contribution in [0.15, 0.2) is 0 Å². The lowest BCUT2D eigenvalue weighted by Crippen LogP contribution is -2.75. The summed E-state index contributed by atoms with van der Waals surface area (Å²) in [5.41, 5.74) is -9.22. The van der Waals surface area contributed by atoms with E-state index in [2.05, 4.69) is 4.65 Å². The summed E-state index contributed by atoms with van der Waals surface area (Å²) >= 11 is 0. The van der Waals surface area contributed by atoms with Crippen molar-refractivity contribution in [3.63, 3.8) is 0 Å². The second kappa shape index (κ2) is 10.4. The molecule has 2 nitrogen and oxygen atoms in total. The van der Waals surface area contributed by atoms with Gasteiger partial charge in [-0.25, -0.2) is 70.7 Å². The van der Waals surface area contributed by atoms with E-state index in [0.717, 1.165) is 6.92 Å². The van der Waals surface area contributed by atoms with Crippen molar-refractivity contribution < 1.29 is 75.3 Å². The summed E-state index contributed by atoms with van der Waals surface area (Å²) in [6.45, 7) is 0.741. The van der Waals surface area contributed by atoms with E-state index in [1.54, 1.807) is 5.92 Å². The zero-order valence-corrected chi connectivity index (χ0v) is 18.6. The molecule has 212 valence electrons. The SMILES string of the molecule is CC#CC(=O)O[B-](c1c(F)c(F)c(F)c(F)c1F)(c1c(F)c(F)c(F)c(F)c1F)c1c(F)c(F)c(F)c(F)c1F. The summed E-state index contributed by atoms with van der Waals surface area (Å²) in [5.74, 6) is -48.1. The van der Waals surface area contributed by atoms with Gasteiger partial charge < -0.3 is 4.65 Å². The molecule has 3 rings (SSSR count). The minimum absolute atomic E-state index is 0.741. The zero-order valence-electron chi connectivity index (χ0n) is 18.6. The number of rotatable bonds is 4. The van der Waals surface area contributed by atoms with Gasteiger partial charge in [-0.15, -0.1) is 0 Å². The van der Waals surface area contributed by atoms with Crippen molar-refractivity contribution in [2.75, 3.05) is 0 Å². The molecular weight excluding hydrogens is 592 g/mol. The molecule has 0 unspecified atom stereocenters. The Hall–Kier alpha value is -4.30. The van der Waals surface area contributed by atoms with E-state index >= 15 is 26.3 Å². The van der Waals surface area contributed by atoms with Crippen molar-refractivity contribution in [1.29, 1.82) is 0 Å². The monoisotopic (exact) mass is 595 g/mol. The van der Waals surface area contributed by atoms with Crippen molar-refractivity contribution in [2.45, 2.75) is 6.92 Å². The molecule has 0 spiro atoms. The molecule has 0 aliphatic rings. The van der Waals surface area contributed by atoms with Gasteiger partial charge in [0.05, 0.1) is 0 Å². The van der Waals surface area contributed by atoms with E-state index in [-0.39, 0.29) is 0 Å². The van der Waals surface area contributed by atoms with Gasteiger partial charge >= 0.3 is 5.97 Å². The Balaban J connectivity index is 2.92. The third kappa shape index (κ3) is 4.11. The van der Waals surface area contributed by atoms with E-state index in [1.165, 1.54) is 5.92 Å². The second-order valence-electron chi connectivity index (χ2n) is 7.52. The van der Waals surface area contributed by atoms with Gasteiger partial charge in [-0.1, -0.05) is 22.3 Å². The summed E-state index contributed by atoms with van der Waals surface area (Å²) in [4.78, 5) is 12.3. The maximum Gasteiger partial charge on any atom is 0.337 e. The van der Waals surface area contributed by atoms with Crippen LogP contribution in [0.5, 0.6) is 0 Å². The van der Waals surface area contributed by atoms with Crippen LogP contribution in [0, 0.1) is 99.1 Å². The first-order chi connectivity index (χ1) is 18.5. The van der Waals surface area contributed by atoms with Crippen LogP contribution < -0.4 is 16.4 Å². The van der Waals surface area contributed by atoms with Gasteiger partial charge in [-0.05, 0) is 6.92 Å². The summed E-state index contributed by atoms with van der Waals surface area (Å²) in [7, 11) is 0. The standard InChI is InChI=1S/C22H3BF15O2/c1-2-3-4(39)40-23(5-8(24)14(30)20(36)15(31)9(5)25,6-10(26)16(32)21(37)17(33)11(6)27)7-12(28)18(34)22(38)19(35)13(7)29/h1H3/q-1. The van der Waals surface area contributed by atoms with Gasteiger partial charge in [0.15, 0.2) is 52.4 Å². The molecule has 3 aromatic carbocycles. The van der Waals surface area contributed by atoms with E-state index in [0.29, 0.717) is 0 Å². The molecule has 0 atom stereocenters. The normalized spacial score (nSPS) is 11.4. The van der Waals surface area contributed by atoms with Crippen LogP contribution in [-0.2, 0) is 9.45 Å². The number of carbonyl (C=O) groups is 1. The van der Waals surface area contributed by atoms with Gasteiger partial charge in [-0.2, -0.15) is 0 Å². The molecule has 0 aromatic heterocycles. The highest BCUT2D eigenvalue weighted by Gasteiger charge is 2.51. The number of carbonyl (C=O) groups excluding carboxylic acids is 1. The topological polar surface area (TPSA) is 26.3 Å². The van der Waals surface area contributed by atoms with Crippen LogP contribution >= 0.6 is 0 Å². The Morgan fingerprint density at radius 2 is 0.650 bits per heavy atom. The van der Waals surface area contributed by atoms with Crippen LogP contribution in [0.25, 0.3) is 0 Å². The molecule has 0 saturated heterocycles. The van der Waals surface area contributed by atoms with Crippen LogP contribution in [0.2, 0.25) is 0 Å². The molecule has 0 bridgehead atoms. The Bertz CT molecular complexity index is 1420. The summed E-state index contributed by atoms with van der Waals surface area (Å²) in [6.07, 6.45) is -6.42. The molecule has 18 heteroatoms. The Morgan fingerprint density at radius 3 is 0.850 bits per heavy atom. The van der Waals surface area contributed by atoms with Crippen molar-refractivity contribution in [3.05, 3.63) is 87.3 Å². The predicted octanol–water partition coefficient (Wildman–Crippen LogP) is 4.31. The highest BCUT2D eigenvalue weighted by atomic mass is 19.2. The summed E-state index contributed by atoms with van der Waals surface area (Å²) in [5, 5.41) is 0. The minimum Gasteiger partial charge on any atom is -0.666 e. The smallest absolute Gasteiger partial charge is 0.337 e. The maximum atomic E-state index is 15.0. The largest absolute Gasteiger partial charge is 0.666 e. The molecule has 40 heavy (non-hydrogen) atoms. The lowest BCUT2D eigenvalue weighted by atomic mass is 9.27. The Morgan fingerprint density at radius 1 is 0.450 bits per heavy atom. The van der Waals surface area contributed by atoms with Crippen molar-refractivity contribution in [2.24, 2.45) is 0 Å². The number of benzene rings is 3. The third-order valence-electron chi connectivity index (χ3n) is 5.46. The van der Waals surface area contributed by atoms with Gasteiger partial charge in [0.25, 0.3) is 6.35 Å². The van der Waals surface area contributed by atoms with Crippen molar-refractivity contribution >= 4 is 28.7 Å². The molecule has 0 heterocycles. The maximum absolute atomic E-state index is 15.0. The average Bonchev–Trinajstić information content (AvgIpc) is 2.90. The van der Waals surface area contributed by atoms with Crippen LogP contribution in [-0.4, -0.2) is 12.3 Å². The number of hydrogen-bond acceptors (Lipinski definition) is 2. The molecule has 0 amide bonds. The van der Waals surface area contributed by atoms with Gasteiger partial charge in [0.2, 0.25) is 0 Å². The Kier molecular flexibility index (Phi) is 7.83. The molecule has 0 N–H and O–H groups in total. The molecule has 0 saturated carbocycles. The van der Waals surface area contributed by atoms with E-state index in [1.807, 2.05) is 0 Å². The average molecular weight is 595 g/mol. The zero-order chi connectivity index (χ0) is 30.6. The van der Waals surface area contributed by atoms with E-state index in [4.69, 9.17) is 0 Å². The fraction of sp³-hybridized carbons (Fsp3) is 0.0455. The fourth-order valence-corrected chi connectivity index (χ4v) is 3.84. The Labute approximate surface area is 210 Å². The van der Waals surface area contributed by atoms with Crippen LogP contribution in [0.1, 0.15) is 6.92 Å². The van der Waals surface area contributed by atoms with Crippen molar-refractivity contribution in [1.82, 2.24) is 0 Å². The van der Waals surface area contributed by atoms with Crippen LogP contribution in [0.4, 0.5) is 65.9 Å². The van der Waals surface area contributed by atoms with E-state index in [9.17, 15) is 44.3 Å². The molecule has 3 aromatic rings. The summed E-state index contributed by atoms with van der Waals surface area (Å²) < 4.78 is 221. The lowest BCUT2D eigenvalue weighted by Gasteiger charge is -2.43. The van der Waals surface area contributed by atoms with Gasteiger partial charge in [0, 0.05) is 5.92 Å². The highest BCUT2D eigenvalue weighted by Crippen LogP contribution is 2.28. The first-order valence-corrected chi connectivity index (χ1v) is 9.84. The van der Waals surface area contributed by atoms with Crippen LogP contribution in [0.3, 0.4) is 0 Å².